The van der Waals surface area contributed by atoms with Gasteiger partial charge in [0.15, 0.2) is 0 Å². The van der Waals surface area contributed by atoms with Gasteiger partial charge in [0.05, 0.1) is 5.69 Å². The number of nitrogens with one attached hydrogen (secondary N) is 2. The van der Waals surface area contributed by atoms with Crippen molar-refractivity contribution in [1.82, 2.24) is 30.1 Å². The van der Waals surface area contributed by atoms with Crippen molar-refractivity contribution in [3.63, 3.8) is 0 Å². The van der Waals surface area contributed by atoms with E-state index in [1.807, 2.05) is 10.7 Å². The van der Waals surface area contributed by atoms with Gasteiger partial charge in [-0.25, -0.2) is 9.50 Å². The first-order valence-corrected chi connectivity index (χ1v) is 9.72. The largest absolute Gasteiger partial charge is 0.346 e. The van der Waals surface area contributed by atoms with Crippen molar-refractivity contribution >= 4 is 16.6 Å². The van der Waals surface area contributed by atoms with E-state index in [9.17, 15) is 0 Å². The molecule has 3 aromatic rings. The standard InChI is InChI=1S/C19H24N6/c1-3-14(4-2-12(1)10-22-19-7-13(8-19)9-19)16-17-15-5-6-20-18(15)21-11-25(17)24-23-16/h5-6,11-14,20,22H,1-4,7-10H2. The van der Waals surface area contributed by atoms with E-state index in [1.54, 1.807) is 6.33 Å². The summed E-state index contributed by atoms with van der Waals surface area (Å²) in [5.41, 5.74) is 3.80. The fraction of sp³-hybridized carbons (Fsp3) is 0.632. The van der Waals surface area contributed by atoms with E-state index in [4.69, 9.17) is 0 Å². The Labute approximate surface area is 146 Å². The number of H-pyrrole nitrogens is 1. The van der Waals surface area contributed by atoms with Crippen LogP contribution in [0.15, 0.2) is 18.6 Å². The van der Waals surface area contributed by atoms with E-state index in [0.717, 1.165) is 34.1 Å². The molecule has 4 fully saturated rings. The van der Waals surface area contributed by atoms with E-state index >= 15 is 0 Å². The summed E-state index contributed by atoms with van der Waals surface area (Å²) in [7, 11) is 0. The fourth-order valence-corrected chi connectivity index (χ4v) is 5.39. The smallest absolute Gasteiger partial charge is 0.141 e. The van der Waals surface area contributed by atoms with E-state index in [1.165, 1.54) is 51.5 Å². The van der Waals surface area contributed by atoms with Crippen molar-refractivity contribution in [3.05, 3.63) is 24.3 Å². The van der Waals surface area contributed by atoms with Gasteiger partial charge in [-0.15, -0.1) is 5.10 Å². The molecule has 0 aromatic carbocycles. The van der Waals surface area contributed by atoms with Gasteiger partial charge in [0.25, 0.3) is 0 Å². The third kappa shape index (κ3) is 2.09. The zero-order valence-electron chi connectivity index (χ0n) is 14.4. The molecular weight excluding hydrogens is 312 g/mol. The highest BCUT2D eigenvalue weighted by molar-refractivity contribution is 5.92. The molecule has 4 saturated carbocycles. The molecule has 2 bridgehead atoms. The lowest BCUT2D eigenvalue weighted by atomic mass is 9.50. The number of nitrogens with zero attached hydrogens (tertiary/aromatic N) is 4. The van der Waals surface area contributed by atoms with Crippen LogP contribution in [0.25, 0.3) is 16.6 Å². The Hall–Kier alpha value is -1.95. The second-order valence-corrected chi connectivity index (χ2v) is 8.61. The van der Waals surface area contributed by atoms with Gasteiger partial charge in [-0.05, 0) is 69.4 Å². The molecule has 6 heteroatoms. The molecule has 0 unspecified atom stereocenters. The first-order chi connectivity index (χ1) is 12.3. The highest BCUT2D eigenvalue weighted by Crippen LogP contribution is 2.57. The lowest BCUT2D eigenvalue weighted by Gasteiger charge is -2.62. The van der Waals surface area contributed by atoms with Crippen LogP contribution in [0.2, 0.25) is 0 Å². The number of fused-ring (bicyclic) bond motifs is 3. The molecule has 25 heavy (non-hydrogen) atoms. The first-order valence-electron chi connectivity index (χ1n) is 9.72. The molecule has 0 saturated heterocycles. The summed E-state index contributed by atoms with van der Waals surface area (Å²) in [6, 6.07) is 2.09. The number of aromatic nitrogens is 5. The normalized spacial score (nSPS) is 34.2. The number of hydrogen-bond acceptors (Lipinski definition) is 4. The Kier molecular flexibility index (Phi) is 2.87. The lowest BCUT2D eigenvalue weighted by Crippen LogP contribution is -2.67. The van der Waals surface area contributed by atoms with E-state index in [-0.39, 0.29) is 0 Å². The molecule has 4 aliphatic carbocycles. The predicted octanol–water partition coefficient (Wildman–Crippen LogP) is 3.02. The maximum Gasteiger partial charge on any atom is 0.141 e. The van der Waals surface area contributed by atoms with Crippen molar-refractivity contribution in [2.75, 3.05) is 6.54 Å². The summed E-state index contributed by atoms with van der Waals surface area (Å²) >= 11 is 0. The highest BCUT2D eigenvalue weighted by atomic mass is 15.4. The average molecular weight is 336 g/mol. The van der Waals surface area contributed by atoms with Crippen LogP contribution in [-0.4, -0.2) is 36.9 Å². The molecule has 0 atom stereocenters. The Morgan fingerprint density at radius 3 is 2.80 bits per heavy atom. The Morgan fingerprint density at radius 1 is 1.20 bits per heavy atom. The molecule has 3 aromatic heterocycles. The number of aromatic amines is 1. The molecule has 3 heterocycles. The van der Waals surface area contributed by atoms with Crippen molar-refractivity contribution in [2.45, 2.75) is 56.4 Å². The quantitative estimate of drug-likeness (QED) is 0.768. The SMILES string of the molecule is c1cc2c(ncn3nnc(C4CCC(CNC56CC(C5)C6)CC4)c23)[nH]1. The van der Waals surface area contributed by atoms with Crippen LogP contribution >= 0.6 is 0 Å². The third-order valence-electron chi connectivity index (χ3n) is 7.03. The zero-order valence-corrected chi connectivity index (χ0v) is 14.4. The Bertz CT molecular complexity index is 915. The summed E-state index contributed by atoms with van der Waals surface area (Å²) < 4.78 is 1.84. The molecule has 0 aliphatic heterocycles. The highest BCUT2D eigenvalue weighted by Gasteiger charge is 2.56. The van der Waals surface area contributed by atoms with Crippen LogP contribution in [0.5, 0.6) is 0 Å². The molecule has 6 nitrogen and oxygen atoms in total. The van der Waals surface area contributed by atoms with Crippen LogP contribution in [0.4, 0.5) is 0 Å². The van der Waals surface area contributed by atoms with Crippen LogP contribution in [0.3, 0.4) is 0 Å². The van der Waals surface area contributed by atoms with Gasteiger partial charge in [0, 0.05) is 23.0 Å². The van der Waals surface area contributed by atoms with Gasteiger partial charge < -0.3 is 10.3 Å². The zero-order chi connectivity index (χ0) is 16.4. The number of hydrogen-bond donors (Lipinski definition) is 2. The summed E-state index contributed by atoms with van der Waals surface area (Å²) in [5, 5.41) is 13.9. The molecule has 2 N–H and O–H groups in total. The molecule has 7 rings (SSSR count). The van der Waals surface area contributed by atoms with Gasteiger partial charge in [-0.2, -0.15) is 0 Å². The van der Waals surface area contributed by atoms with Gasteiger partial charge >= 0.3 is 0 Å². The van der Waals surface area contributed by atoms with Gasteiger partial charge in [0.2, 0.25) is 0 Å². The molecule has 0 radical (unpaired) electrons. The molecule has 130 valence electrons. The lowest BCUT2D eigenvalue weighted by molar-refractivity contribution is -0.0536. The molecule has 0 spiro atoms. The van der Waals surface area contributed by atoms with Crippen LogP contribution < -0.4 is 5.32 Å². The summed E-state index contributed by atoms with van der Waals surface area (Å²) in [6.45, 7) is 1.22. The molecule has 0 amide bonds. The maximum absolute atomic E-state index is 4.53. The maximum atomic E-state index is 4.53. The number of rotatable bonds is 4. The van der Waals surface area contributed by atoms with Gasteiger partial charge in [-0.1, -0.05) is 5.21 Å². The second-order valence-electron chi connectivity index (χ2n) is 8.61. The minimum atomic E-state index is 0.532. The minimum absolute atomic E-state index is 0.532. The van der Waals surface area contributed by atoms with E-state index in [0.29, 0.717) is 11.5 Å². The van der Waals surface area contributed by atoms with Crippen molar-refractivity contribution in [1.29, 1.82) is 0 Å². The van der Waals surface area contributed by atoms with E-state index in [2.05, 4.69) is 31.7 Å². The van der Waals surface area contributed by atoms with E-state index < -0.39 is 0 Å². The van der Waals surface area contributed by atoms with Crippen LogP contribution in [0, 0.1) is 11.8 Å². The second kappa shape index (κ2) is 5.04. The Morgan fingerprint density at radius 2 is 2.04 bits per heavy atom. The predicted molar refractivity (Wildman–Crippen MR) is 95.4 cm³/mol. The van der Waals surface area contributed by atoms with Gasteiger partial charge in [-0.3, -0.25) is 0 Å². The third-order valence-corrected chi connectivity index (χ3v) is 7.03. The molecule has 4 aliphatic rings. The first kappa shape index (κ1) is 14.2. The van der Waals surface area contributed by atoms with Crippen LogP contribution in [0.1, 0.15) is 56.6 Å². The molecular formula is C19H24N6. The summed E-state index contributed by atoms with van der Waals surface area (Å²) in [6.07, 6.45) is 13.1. The van der Waals surface area contributed by atoms with Crippen LogP contribution in [-0.2, 0) is 0 Å². The topological polar surface area (TPSA) is 70.9 Å². The van der Waals surface area contributed by atoms with Crippen molar-refractivity contribution in [3.8, 4) is 0 Å². The Balaban J connectivity index is 1.18. The summed E-state index contributed by atoms with van der Waals surface area (Å²) in [5.74, 6) is 2.43. The van der Waals surface area contributed by atoms with Crippen molar-refractivity contribution in [2.24, 2.45) is 11.8 Å². The monoisotopic (exact) mass is 336 g/mol. The van der Waals surface area contributed by atoms with Gasteiger partial charge in [0.1, 0.15) is 17.5 Å². The average Bonchev–Trinajstić information content (AvgIpc) is 3.18. The fourth-order valence-electron chi connectivity index (χ4n) is 5.39. The van der Waals surface area contributed by atoms with Crippen molar-refractivity contribution < 1.29 is 0 Å². The summed E-state index contributed by atoms with van der Waals surface area (Å²) in [4.78, 5) is 7.60. The minimum Gasteiger partial charge on any atom is -0.346 e.